The second kappa shape index (κ2) is 4.76. The molecule has 3 nitrogen and oxygen atoms in total. The summed E-state index contributed by atoms with van der Waals surface area (Å²) in [7, 11) is 0. The van der Waals surface area contributed by atoms with Crippen LogP contribution in [0.2, 0.25) is 0 Å². The predicted octanol–water partition coefficient (Wildman–Crippen LogP) is 4.68. The first kappa shape index (κ1) is 11.8. The van der Waals surface area contributed by atoms with Crippen LogP contribution in [-0.4, -0.2) is 5.78 Å². The molecule has 0 bridgehead atoms. The van der Waals surface area contributed by atoms with Crippen molar-refractivity contribution in [3.8, 4) is 11.3 Å². The number of hydrogen-bond acceptors (Lipinski definition) is 3. The van der Waals surface area contributed by atoms with E-state index in [-0.39, 0.29) is 5.78 Å². The molecule has 96 valence electrons. The zero-order valence-corrected chi connectivity index (χ0v) is 10.7. The van der Waals surface area contributed by atoms with Gasteiger partial charge in [0.25, 0.3) is 0 Å². The zero-order chi connectivity index (χ0) is 13.2. The highest BCUT2D eigenvalue weighted by molar-refractivity contribution is 5.94. The van der Waals surface area contributed by atoms with Crippen molar-refractivity contribution in [1.29, 1.82) is 0 Å². The summed E-state index contributed by atoms with van der Waals surface area (Å²) in [5.41, 5.74) is 1.63. The second-order valence-electron chi connectivity index (χ2n) is 4.52. The van der Waals surface area contributed by atoms with Crippen molar-refractivity contribution in [2.24, 2.45) is 0 Å². The van der Waals surface area contributed by atoms with Crippen LogP contribution in [0.4, 0.5) is 0 Å². The Bertz CT molecular complexity index is 685. The number of furan rings is 2. The quantitative estimate of drug-likeness (QED) is 0.635. The van der Waals surface area contributed by atoms with Crippen molar-refractivity contribution in [2.75, 3.05) is 0 Å². The van der Waals surface area contributed by atoms with Crippen LogP contribution >= 0.6 is 0 Å². The highest BCUT2D eigenvalue weighted by atomic mass is 16.4. The Morgan fingerprint density at radius 2 is 2.05 bits per heavy atom. The van der Waals surface area contributed by atoms with Crippen LogP contribution in [0.5, 0.6) is 0 Å². The van der Waals surface area contributed by atoms with E-state index in [1.807, 2.05) is 37.3 Å². The minimum absolute atomic E-state index is 0.0323. The lowest BCUT2D eigenvalue weighted by Crippen LogP contribution is -1.94. The van der Waals surface area contributed by atoms with E-state index in [0.29, 0.717) is 12.2 Å². The topological polar surface area (TPSA) is 43.4 Å². The molecule has 1 aromatic carbocycles. The minimum Gasteiger partial charge on any atom is -0.460 e. The number of para-hydroxylation sites is 1. The first-order valence-corrected chi connectivity index (χ1v) is 6.38. The number of hydrogen-bond donors (Lipinski definition) is 0. The van der Waals surface area contributed by atoms with Gasteiger partial charge in [-0.2, -0.15) is 0 Å². The average molecular weight is 254 g/mol. The summed E-state index contributed by atoms with van der Waals surface area (Å²) in [6.07, 6.45) is 2.90. The molecule has 3 heteroatoms. The van der Waals surface area contributed by atoms with Gasteiger partial charge in [0.15, 0.2) is 11.5 Å². The first-order valence-electron chi connectivity index (χ1n) is 6.38. The third-order valence-electron chi connectivity index (χ3n) is 3.06. The van der Waals surface area contributed by atoms with E-state index in [9.17, 15) is 4.79 Å². The molecule has 2 heterocycles. The van der Waals surface area contributed by atoms with Crippen molar-refractivity contribution < 1.29 is 13.6 Å². The van der Waals surface area contributed by atoms with E-state index in [2.05, 4.69) is 0 Å². The third kappa shape index (κ3) is 2.19. The Labute approximate surface area is 110 Å². The fraction of sp³-hybridized carbons (Fsp3) is 0.188. The van der Waals surface area contributed by atoms with Crippen molar-refractivity contribution in [3.05, 3.63) is 48.4 Å². The molecule has 19 heavy (non-hydrogen) atoms. The smallest absolute Gasteiger partial charge is 0.197 e. The second-order valence-corrected chi connectivity index (χ2v) is 4.52. The lowest BCUT2D eigenvalue weighted by molar-refractivity contribution is 0.0955. The molecule has 2 aromatic heterocycles. The summed E-state index contributed by atoms with van der Waals surface area (Å²) in [6, 6.07) is 11.5. The number of rotatable bonds is 4. The summed E-state index contributed by atoms with van der Waals surface area (Å²) >= 11 is 0. The van der Waals surface area contributed by atoms with Crippen molar-refractivity contribution >= 4 is 16.8 Å². The average Bonchev–Trinajstić information content (AvgIpc) is 3.05. The summed E-state index contributed by atoms with van der Waals surface area (Å²) < 4.78 is 11.1. The molecule has 3 rings (SSSR count). The lowest BCUT2D eigenvalue weighted by Gasteiger charge is -1.90. The van der Waals surface area contributed by atoms with Crippen LogP contribution in [0.15, 0.2) is 51.5 Å². The number of fused-ring (bicyclic) bond motifs is 1. The normalized spacial score (nSPS) is 11.0. The fourth-order valence-electron chi connectivity index (χ4n) is 2.09. The third-order valence-corrected chi connectivity index (χ3v) is 3.06. The van der Waals surface area contributed by atoms with Crippen LogP contribution in [0.3, 0.4) is 0 Å². The highest BCUT2D eigenvalue weighted by Gasteiger charge is 2.13. The molecular weight excluding hydrogens is 240 g/mol. The summed E-state index contributed by atoms with van der Waals surface area (Å²) in [6.45, 7) is 1.97. The van der Waals surface area contributed by atoms with Gasteiger partial charge >= 0.3 is 0 Å². The van der Waals surface area contributed by atoms with Gasteiger partial charge in [-0.3, -0.25) is 4.79 Å². The lowest BCUT2D eigenvalue weighted by atomic mass is 10.1. The van der Waals surface area contributed by atoms with Crippen LogP contribution < -0.4 is 0 Å². The summed E-state index contributed by atoms with van der Waals surface area (Å²) in [5.74, 6) is 1.16. The van der Waals surface area contributed by atoms with Gasteiger partial charge in [0, 0.05) is 11.8 Å². The van der Waals surface area contributed by atoms with Crippen molar-refractivity contribution in [1.82, 2.24) is 0 Å². The van der Waals surface area contributed by atoms with Gasteiger partial charge in [0.2, 0.25) is 0 Å². The molecule has 0 aliphatic rings. The van der Waals surface area contributed by atoms with Gasteiger partial charge < -0.3 is 8.83 Å². The molecule has 0 unspecified atom stereocenters. The molecule has 0 fully saturated rings. The number of ketones is 1. The van der Waals surface area contributed by atoms with Gasteiger partial charge in [0.05, 0.1) is 5.56 Å². The van der Waals surface area contributed by atoms with Crippen LogP contribution in [0, 0.1) is 0 Å². The van der Waals surface area contributed by atoms with Crippen LogP contribution in [0.1, 0.15) is 30.3 Å². The molecule has 0 aliphatic carbocycles. The Kier molecular flexibility index (Phi) is 2.95. The monoisotopic (exact) mass is 254 g/mol. The maximum Gasteiger partial charge on any atom is 0.197 e. The molecular formula is C16H14O3. The number of Topliss-reactive ketones (excluding diaryl/α,β-unsaturated/α-hetero) is 1. The maximum atomic E-state index is 11.7. The Morgan fingerprint density at radius 1 is 1.21 bits per heavy atom. The van der Waals surface area contributed by atoms with Gasteiger partial charge in [0.1, 0.15) is 17.6 Å². The zero-order valence-electron chi connectivity index (χ0n) is 10.7. The molecule has 0 amide bonds. The van der Waals surface area contributed by atoms with Crippen LogP contribution in [-0.2, 0) is 0 Å². The van der Waals surface area contributed by atoms with Gasteiger partial charge in [-0.25, -0.2) is 0 Å². The van der Waals surface area contributed by atoms with E-state index >= 15 is 0 Å². The molecule has 3 aromatic rings. The molecule has 0 saturated heterocycles. The maximum absolute atomic E-state index is 11.7. The predicted molar refractivity (Wildman–Crippen MR) is 73.2 cm³/mol. The van der Waals surface area contributed by atoms with E-state index in [0.717, 1.165) is 28.7 Å². The van der Waals surface area contributed by atoms with Gasteiger partial charge in [-0.15, -0.1) is 0 Å². The molecule has 0 radical (unpaired) electrons. The molecule has 0 atom stereocenters. The number of carbonyl (C=O) groups excluding carboxylic acids is 1. The van der Waals surface area contributed by atoms with Gasteiger partial charge in [-0.1, -0.05) is 25.1 Å². The molecule has 0 N–H and O–H groups in total. The number of carbonyl (C=O) groups is 1. The van der Waals surface area contributed by atoms with Crippen molar-refractivity contribution in [3.63, 3.8) is 0 Å². The Morgan fingerprint density at radius 3 is 2.84 bits per heavy atom. The largest absolute Gasteiger partial charge is 0.460 e. The van der Waals surface area contributed by atoms with E-state index in [1.54, 1.807) is 12.3 Å². The van der Waals surface area contributed by atoms with E-state index < -0.39 is 0 Å². The Hall–Kier alpha value is -2.29. The molecule has 0 saturated carbocycles. The first-order chi connectivity index (χ1) is 9.28. The van der Waals surface area contributed by atoms with Crippen molar-refractivity contribution in [2.45, 2.75) is 19.8 Å². The SMILES string of the molecule is CCCC(=O)c1cc(-c2cc3ccccc3o2)co1. The molecule has 0 spiro atoms. The Balaban J connectivity index is 1.96. The van der Waals surface area contributed by atoms with E-state index in [1.165, 1.54) is 0 Å². The number of benzene rings is 1. The highest BCUT2D eigenvalue weighted by Crippen LogP contribution is 2.29. The van der Waals surface area contributed by atoms with Crippen LogP contribution in [0.25, 0.3) is 22.3 Å². The molecule has 0 aliphatic heterocycles. The summed E-state index contributed by atoms with van der Waals surface area (Å²) in [4.78, 5) is 11.7. The van der Waals surface area contributed by atoms with Gasteiger partial charge in [-0.05, 0) is 24.6 Å². The van der Waals surface area contributed by atoms with E-state index in [4.69, 9.17) is 8.83 Å². The minimum atomic E-state index is 0.0323. The fourth-order valence-corrected chi connectivity index (χ4v) is 2.09. The standard InChI is InChI=1S/C16H14O3/c1-2-5-13(17)16-9-12(10-18-16)15-8-11-6-3-4-7-14(11)19-15/h3-4,6-10H,2,5H2,1H3. The summed E-state index contributed by atoms with van der Waals surface area (Å²) in [5, 5.41) is 1.04.